The van der Waals surface area contributed by atoms with Gasteiger partial charge in [-0.2, -0.15) is 0 Å². The number of nitrogens with one attached hydrogen (secondary N) is 1. The Hall–Kier alpha value is -2.84. The van der Waals surface area contributed by atoms with Crippen molar-refractivity contribution in [2.45, 2.75) is 31.9 Å². The number of rotatable bonds is 9. The lowest BCUT2D eigenvalue weighted by Gasteiger charge is -2.16. The number of aliphatic imine (C=N–C) groups is 1. The van der Waals surface area contributed by atoms with E-state index in [4.69, 9.17) is 16.3 Å². The average Bonchev–Trinajstić information content (AvgIpc) is 3.08. The van der Waals surface area contributed by atoms with Crippen molar-refractivity contribution in [1.82, 2.24) is 10.2 Å². The molecule has 0 aromatic heterocycles. The minimum absolute atomic E-state index is 0.0929. The first kappa shape index (κ1) is 24.8. The van der Waals surface area contributed by atoms with Gasteiger partial charge in [-0.1, -0.05) is 35.5 Å². The van der Waals surface area contributed by atoms with E-state index in [0.29, 0.717) is 47.6 Å². The van der Waals surface area contributed by atoms with E-state index in [1.807, 2.05) is 31.2 Å². The van der Waals surface area contributed by atoms with E-state index in [0.717, 1.165) is 5.56 Å². The lowest BCUT2D eigenvalue weighted by molar-refractivity contribution is -0.129. The topological polar surface area (TPSA) is 88.1 Å². The molecule has 33 heavy (non-hydrogen) atoms. The molecule has 7 nitrogen and oxygen atoms in total. The molecule has 1 heterocycles. The molecule has 0 saturated carbocycles. The van der Waals surface area contributed by atoms with E-state index in [-0.39, 0.29) is 18.2 Å². The number of ether oxygens (including phenoxy) is 1. The number of nitrogens with zero attached hydrogens (tertiary/aromatic N) is 2. The minimum atomic E-state index is -0.528. The first-order valence-corrected chi connectivity index (χ1v) is 12.0. The molecule has 0 spiro atoms. The van der Waals surface area contributed by atoms with Gasteiger partial charge < -0.3 is 10.1 Å². The highest BCUT2D eigenvalue weighted by Crippen LogP contribution is 2.32. The summed E-state index contributed by atoms with van der Waals surface area (Å²) in [4.78, 5) is 43.3. The third kappa shape index (κ3) is 6.82. The lowest BCUT2D eigenvalue weighted by atomic mass is 10.1. The van der Waals surface area contributed by atoms with E-state index >= 15 is 0 Å². The van der Waals surface area contributed by atoms with Gasteiger partial charge in [0.2, 0.25) is 11.8 Å². The number of amides is 2. The Balaban J connectivity index is 1.79. The van der Waals surface area contributed by atoms with Gasteiger partial charge in [0, 0.05) is 24.5 Å². The minimum Gasteiger partial charge on any atom is -0.462 e. The first-order valence-electron chi connectivity index (χ1n) is 10.8. The van der Waals surface area contributed by atoms with Crippen LogP contribution in [0.25, 0.3) is 0 Å². The third-order valence-corrected chi connectivity index (χ3v) is 6.33. The Kier molecular flexibility index (Phi) is 8.91. The Morgan fingerprint density at radius 3 is 2.45 bits per heavy atom. The van der Waals surface area contributed by atoms with Crippen LogP contribution in [0, 0.1) is 0 Å². The van der Waals surface area contributed by atoms with Crippen LogP contribution in [0.4, 0.5) is 5.69 Å². The van der Waals surface area contributed by atoms with Crippen molar-refractivity contribution in [2.24, 2.45) is 4.99 Å². The number of hydrogen-bond acceptors (Lipinski definition) is 6. The number of thioether (sulfide) groups is 1. The van der Waals surface area contributed by atoms with E-state index in [2.05, 4.69) is 10.3 Å². The number of halogens is 1. The van der Waals surface area contributed by atoms with Crippen LogP contribution in [-0.2, 0) is 20.7 Å². The maximum absolute atomic E-state index is 13.1. The normalized spacial score (nSPS) is 16.8. The quantitative estimate of drug-likeness (QED) is 0.535. The van der Waals surface area contributed by atoms with Crippen LogP contribution in [0.2, 0.25) is 5.02 Å². The maximum atomic E-state index is 13.1. The second kappa shape index (κ2) is 11.9. The molecule has 0 bridgehead atoms. The Bertz CT molecular complexity index is 1030. The van der Waals surface area contributed by atoms with Gasteiger partial charge in [-0.3, -0.25) is 14.5 Å². The van der Waals surface area contributed by atoms with E-state index in [1.54, 1.807) is 36.1 Å². The molecule has 2 aromatic rings. The van der Waals surface area contributed by atoms with Gasteiger partial charge in [0.1, 0.15) is 5.25 Å². The summed E-state index contributed by atoms with van der Waals surface area (Å²) in [6, 6.07) is 14.2. The van der Waals surface area contributed by atoms with Gasteiger partial charge in [0.05, 0.1) is 17.9 Å². The molecule has 3 rings (SSSR count). The molecule has 2 amide bonds. The summed E-state index contributed by atoms with van der Waals surface area (Å²) in [5.74, 6) is -0.697. The number of amidine groups is 1. The van der Waals surface area contributed by atoms with Gasteiger partial charge in [-0.25, -0.2) is 9.79 Å². The van der Waals surface area contributed by atoms with Crippen molar-refractivity contribution in [1.29, 1.82) is 0 Å². The zero-order valence-electron chi connectivity index (χ0n) is 18.5. The Morgan fingerprint density at radius 2 is 1.82 bits per heavy atom. The SMILES string of the molecule is CCNC(=O)CC1SC(=Nc2ccc(C(=O)OCC)cc2)N(CCc2ccc(Cl)cc2)C1=O. The van der Waals surface area contributed by atoms with Crippen LogP contribution >= 0.6 is 23.4 Å². The molecule has 1 aliphatic rings. The number of esters is 1. The summed E-state index contributed by atoms with van der Waals surface area (Å²) in [5.41, 5.74) is 2.08. The Morgan fingerprint density at radius 1 is 1.12 bits per heavy atom. The molecular formula is C24H26ClN3O4S. The zero-order chi connectivity index (χ0) is 23.8. The lowest BCUT2D eigenvalue weighted by Crippen LogP contribution is -2.36. The van der Waals surface area contributed by atoms with Crippen molar-refractivity contribution in [2.75, 3.05) is 19.7 Å². The summed E-state index contributed by atoms with van der Waals surface area (Å²) in [6.07, 6.45) is 0.716. The highest BCUT2D eigenvalue weighted by atomic mass is 35.5. The van der Waals surface area contributed by atoms with Crippen molar-refractivity contribution in [3.8, 4) is 0 Å². The number of carbonyl (C=O) groups excluding carboxylic acids is 3. The molecule has 174 valence electrons. The van der Waals surface area contributed by atoms with Crippen LogP contribution in [0.3, 0.4) is 0 Å². The van der Waals surface area contributed by atoms with Gasteiger partial charge in [-0.15, -0.1) is 0 Å². The van der Waals surface area contributed by atoms with Gasteiger partial charge in [0.25, 0.3) is 0 Å². The molecule has 1 unspecified atom stereocenters. The van der Waals surface area contributed by atoms with Gasteiger partial charge >= 0.3 is 5.97 Å². The van der Waals surface area contributed by atoms with Crippen LogP contribution in [-0.4, -0.2) is 52.8 Å². The highest BCUT2D eigenvalue weighted by Gasteiger charge is 2.38. The monoisotopic (exact) mass is 487 g/mol. The van der Waals surface area contributed by atoms with Crippen LogP contribution in [0.5, 0.6) is 0 Å². The van der Waals surface area contributed by atoms with E-state index < -0.39 is 11.2 Å². The fourth-order valence-corrected chi connectivity index (χ4v) is 4.57. The fraction of sp³-hybridized carbons (Fsp3) is 0.333. The van der Waals surface area contributed by atoms with Crippen molar-refractivity contribution in [3.63, 3.8) is 0 Å². The summed E-state index contributed by atoms with van der Waals surface area (Å²) < 4.78 is 5.01. The predicted molar refractivity (Wildman–Crippen MR) is 131 cm³/mol. The molecule has 9 heteroatoms. The fourth-order valence-electron chi connectivity index (χ4n) is 3.26. The van der Waals surface area contributed by atoms with E-state index in [1.165, 1.54) is 11.8 Å². The number of hydrogen-bond donors (Lipinski definition) is 1. The third-order valence-electron chi connectivity index (χ3n) is 4.91. The van der Waals surface area contributed by atoms with Gasteiger partial charge in [-0.05, 0) is 62.2 Å². The molecule has 1 atom stereocenters. The molecule has 2 aromatic carbocycles. The van der Waals surface area contributed by atoms with Gasteiger partial charge in [0.15, 0.2) is 5.17 Å². The highest BCUT2D eigenvalue weighted by molar-refractivity contribution is 8.15. The second-order valence-electron chi connectivity index (χ2n) is 7.29. The first-order chi connectivity index (χ1) is 15.9. The Labute approximate surface area is 202 Å². The summed E-state index contributed by atoms with van der Waals surface area (Å²) in [6.45, 7) is 4.84. The van der Waals surface area contributed by atoms with Crippen LogP contribution < -0.4 is 5.32 Å². The molecule has 0 aliphatic carbocycles. The van der Waals surface area contributed by atoms with Crippen molar-refractivity contribution < 1.29 is 19.1 Å². The molecule has 1 saturated heterocycles. The molecule has 1 fully saturated rings. The summed E-state index contributed by atoms with van der Waals surface area (Å²) in [7, 11) is 0. The molecule has 1 N–H and O–H groups in total. The number of carbonyl (C=O) groups is 3. The predicted octanol–water partition coefficient (Wildman–Crippen LogP) is 4.22. The summed E-state index contributed by atoms with van der Waals surface area (Å²) >= 11 is 7.25. The zero-order valence-corrected chi connectivity index (χ0v) is 20.1. The van der Waals surface area contributed by atoms with Crippen LogP contribution in [0.1, 0.15) is 36.2 Å². The van der Waals surface area contributed by atoms with Crippen molar-refractivity contribution >= 4 is 52.0 Å². The smallest absolute Gasteiger partial charge is 0.338 e. The molecule has 0 radical (unpaired) electrons. The van der Waals surface area contributed by atoms with Crippen molar-refractivity contribution in [3.05, 3.63) is 64.7 Å². The maximum Gasteiger partial charge on any atom is 0.338 e. The van der Waals surface area contributed by atoms with E-state index in [9.17, 15) is 14.4 Å². The molecule has 1 aliphatic heterocycles. The summed E-state index contributed by atoms with van der Waals surface area (Å²) in [5, 5.41) is 3.40. The molecular weight excluding hydrogens is 462 g/mol. The second-order valence-corrected chi connectivity index (χ2v) is 8.90. The average molecular weight is 488 g/mol. The standard InChI is InChI=1S/C24H26ClN3O4S/c1-3-26-21(29)15-20-22(30)28(14-13-16-5-9-18(25)10-6-16)24(33-20)27-19-11-7-17(8-12-19)23(31)32-4-2/h5-12,20H,3-4,13-15H2,1-2H3,(H,26,29). The largest absolute Gasteiger partial charge is 0.462 e. The number of benzene rings is 2. The van der Waals surface area contributed by atoms with Crippen LogP contribution in [0.15, 0.2) is 53.5 Å².